The summed E-state index contributed by atoms with van der Waals surface area (Å²) >= 11 is 0. The first-order chi connectivity index (χ1) is 17.6. The van der Waals surface area contributed by atoms with E-state index in [1.807, 2.05) is 84.3 Å². The van der Waals surface area contributed by atoms with Crippen molar-refractivity contribution < 1.29 is 23.8 Å². The van der Waals surface area contributed by atoms with Crippen LogP contribution in [0.5, 0.6) is 11.5 Å². The van der Waals surface area contributed by atoms with Gasteiger partial charge in [0.25, 0.3) is 0 Å². The molecule has 6 heteroatoms. The zero-order valence-electron chi connectivity index (χ0n) is 20.1. The van der Waals surface area contributed by atoms with E-state index in [1.54, 1.807) is 25.1 Å². The zero-order valence-corrected chi connectivity index (χ0v) is 20.1. The van der Waals surface area contributed by atoms with Crippen molar-refractivity contribution in [3.05, 3.63) is 102 Å². The molecule has 180 valence electrons. The van der Waals surface area contributed by atoms with Gasteiger partial charge >= 0.3 is 11.9 Å². The first-order valence-electron chi connectivity index (χ1n) is 11.8. The summed E-state index contributed by atoms with van der Waals surface area (Å²) in [5.41, 5.74) is 2.95. The molecule has 0 radical (unpaired) electrons. The molecule has 0 saturated heterocycles. The Morgan fingerprint density at radius 3 is 2.14 bits per heavy atom. The summed E-state index contributed by atoms with van der Waals surface area (Å²) in [7, 11) is 0. The quantitative estimate of drug-likeness (QED) is 0.204. The summed E-state index contributed by atoms with van der Waals surface area (Å²) in [6.45, 7) is 3.68. The highest BCUT2D eigenvalue weighted by Crippen LogP contribution is 2.39. The van der Waals surface area contributed by atoms with Gasteiger partial charge in [0, 0.05) is 27.5 Å². The number of fused-ring (bicyclic) bond motifs is 3. The van der Waals surface area contributed by atoms with Crippen LogP contribution in [0.15, 0.2) is 91.0 Å². The van der Waals surface area contributed by atoms with E-state index in [9.17, 15) is 9.59 Å². The summed E-state index contributed by atoms with van der Waals surface area (Å²) in [6.07, 6.45) is 0. The molecule has 1 heterocycles. The molecule has 0 aliphatic rings. The molecule has 0 aliphatic carbocycles. The van der Waals surface area contributed by atoms with E-state index in [2.05, 4.69) is 0 Å². The highest BCUT2D eigenvalue weighted by molar-refractivity contribution is 6.17. The van der Waals surface area contributed by atoms with Gasteiger partial charge in [0.2, 0.25) is 0 Å². The average molecular weight is 480 g/mol. The third-order valence-electron chi connectivity index (χ3n) is 5.99. The fraction of sp³-hybridized carbons (Fsp3) is 0.133. The van der Waals surface area contributed by atoms with Gasteiger partial charge in [-0.25, -0.2) is 9.59 Å². The second-order valence-corrected chi connectivity index (χ2v) is 8.24. The van der Waals surface area contributed by atoms with Gasteiger partial charge in [0.05, 0.1) is 17.7 Å². The Kier molecular flexibility index (Phi) is 6.41. The lowest BCUT2D eigenvalue weighted by atomic mass is 10.0. The Labute approximate surface area is 208 Å². The van der Waals surface area contributed by atoms with E-state index in [0.29, 0.717) is 22.4 Å². The van der Waals surface area contributed by atoms with Crippen molar-refractivity contribution in [1.29, 1.82) is 0 Å². The van der Waals surface area contributed by atoms with Crippen LogP contribution >= 0.6 is 0 Å². The Hall–Kier alpha value is -4.58. The third kappa shape index (κ3) is 4.29. The zero-order chi connectivity index (χ0) is 25.1. The number of para-hydroxylation sites is 2. The molecule has 0 spiro atoms. The van der Waals surface area contributed by atoms with Crippen molar-refractivity contribution in [2.24, 2.45) is 0 Å². The topological polar surface area (TPSA) is 66.8 Å². The van der Waals surface area contributed by atoms with Crippen molar-refractivity contribution in [2.45, 2.75) is 13.8 Å². The molecule has 6 nitrogen and oxygen atoms in total. The van der Waals surface area contributed by atoms with Gasteiger partial charge in [-0.3, -0.25) is 0 Å². The number of nitrogens with zero attached hydrogens (tertiary/aromatic N) is 1. The van der Waals surface area contributed by atoms with Gasteiger partial charge in [-0.2, -0.15) is 0 Å². The molecule has 0 atom stereocenters. The van der Waals surface area contributed by atoms with Crippen LogP contribution in [0, 0.1) is 6.92 Å². The average Bonchev–Trinajstić information content (AvgIpc) is 3.20. The van der Waals surface area contributed by atoms with Gasteiger partial charge in [0.1, 0.15) is 11.5 Å². The minimum absolute atomic E-state index is 0.245. The van der Waals surface area contributed by atoms with Crippen LogP contribution in [0.4, 0.5) is 0 Å². The molecule has 0 unspecified atom stereocenters. The summed E-state index contributed by atoms with van der Waals surface area (Å²) < 4.78 is 18.8. The Balaban J connectivity index is 1.66. The second kappa shape index (κ2) is 9.96. The third-order valence-corrected chi connectivity index (χ3v) is 5.99. The molecule has 0 aliphatic heterocycles. The minimum atomic E-state index is -0.541. The molecule has 0 bridgehead atoms. The monoisotopic (exact) mass is 479 g/mol. The summed E-state index contributed by atoms with van der Waals surface area (Å²) in [5.74, 6) is -0.0275. The molecular formula is C30H25NO5. The molecule has 5 aromatic rings. The number of rotatable bonds is 7. The number of carbonyl (C=O) groups excluding carboxylic acids is 2. The van der Waals surface area contributed by atoms with Gasteiger partial charge in [-0.1, -0.05) is 60.7 Å². The number of hydrogen-bond acceptors (Lipinski definition) is 5. The summed E-state index contributed by atoms with van der Waals surface area (Å²) in [5, 5.41) is 2.26. The maximum atomic E-state index is 13.1. The lowest BCUT2D eigenvalue weighted by molar-refractivity contribution is -0.136. The van der Waals surface area contributed by atoms with Gasteiger partial charge in [0.15, 0.2) is 6.61 Å². The lowest BCUT2D eigenvalue weighted by Gasteiger charge is -2.13. The molecule has 0 N–H and O–H groups in total. The molecular weight excluding hydrogens is 454 g/mol. The smallest absolute Gasteiger partial charge is 0.349 e. The fourth-order valence-corrected chi connectivity index (χ4v) is 4.49. The van der Waals surface area contributed by atoms with E-state index in [-0.39, 0.29) is 13.2 Å². The van der Waals surface area contributed by atoms with Gasteiger partial charge in [-0.15, -0.1) is 0 Å². The molecule has 4 aromatic carbocycles. The summed E-state index contributed by atoms with van der Waals surface area (Å²) in [4.78, 5) is 25.8. The van der Waals surface area contributed by atoms with E-state index in [1.165, 1.54) is 0 Å². The number of esters is 2. The van der Waals surface area contributed by atoms with E-state index < -0.39 is 11.9 Å². The molecule has 36 heavy (non-hydrogen) atoms. The number of ether oxygens (including phenoxy) is 3. The molecule has 0 amide bonds. The van der Waals surface area contributed by atoms with Crippen LogP contribution in [-0.2, 0) is 9.53 Å². The van der Waals surface area contributed by atoms with E-state index >= 15 is 0 Å². The molecule has 1 aromatic heterocycles. The number of benzene rings is 4. The van der Waals surface area contributed by atoms with Crippen molar-refractivity contribution >= 4 is 33.6 Å². The van der Waals surface area contributed by atoms with Gasteiger partial charge < -0.3 is 18.8 Å². The maximum absolute atomic E-state index is 13.1. The molecule has 5 rings (SSSR count). The first kappa shape index (κ1) is 23.2. The van der Waals surface area contributed by atoms with Crippen LogP contribution in [0.2, 0.25) is 0 Å². The number of aromatic nitrogens is 1. The van der Waals surface area contributed by atoms with Gasteiger partial charge in [-0.05, 0) is 44.2 Å². The number of hydrogen-bond donors (Lipinski definition) is 0. The Bertz CT molecular complexity index is 1550. The maximum Gasteiger partial charge on any atom is 0.349 e. The highest BCUT2D eigenvalue weighted by atomic mass is 16.6. The van der Waals surface area contributed by atoms with Crippen molar-refractivity contribution in [1.82, 2.24) is 4.57 Å². The highest BCUT2D eigenvalue weighted by Gasteiger charge is 2.25. The van der Waals surface area contributed by atoms with Crippen molar-refractivity contribution in [2.75, 3.05) is 13.2 Å². The standard InChI is InChI=1S/C30H25NO5/c1-3-34-30(33)28-20(2)31(21-12-6-4-7-13-21)29-24-17-11-10-16-23(24)26(18-25(28)29)36-27(32)19-35-22-14-8-5-9-15-22/h4-18H,3,19H2,1-2H3. The largest absolute Gasteiger partial charge is 0.482 e. The number of carbonyl (C=O) groups is 2. The van der Waals surface area contributed by atoms with E-state index in [4.69, 9.17) is 14.2 Å². The van der Waals surface area contributed by atoms with E-state index in [0.717, 1.165) is 27.7 Å². The predicted octanol–water partition coefficient (Wildman–Crippen LogP) is 6.25. The molecule has 0 fully saturated rings. The van der Waals surface area contributed by atoms with Crippen LogP contribution in [0.3, 0.4) is 0 Å². The first-order valence-corrected chi connectivity index (χ1v) is 11.8. The molecule has 0 saturated carbocycles. The second-order valence-electron chi connectivity index (χ2n) is 8.24. The summed E-state index contributed by atoms with van der Waals surface area (Å²) in [6, 6.07) is 28.3. The minimum Gasteiger partial charge on any atom is -0.482 e. The van der Waals surface area contributed by atoms with Crippen molar-refractivity contribution in [3.63, 3.8) is 0 Å². The SMILES string of the molecule is CCOC(=O)c1c(C)n(-c2ccccc2)c2c1cc(OC(=O)COc1ccccc1)c1ccccc12. The van der Waals surface area contributed by atoms with Crippen LogP contribution in [-0.4, -0.2) is 29.7 Å². The normalized spacial score (nSPS) is 10.9. The fourth-order valence-electron chi connectivity index (χ4n) is 4.49. The Morgan fingerprint density at radius 2 is 1.44 bits per heavy atom. The predicted molar refractivity (Wildman–Crippen MR) is 139 cm³/mol. The van der Waals surface area contributed by atoms with Crippen LogP contribution in [0.1, 0.15) is 23.0 Å². The van der Waals surface area contributed by atoms with Crippen LogP contribution in [0.25, 0.3) is 27.4 Å². The van der Waals surface area contributed by atoms with Crippen molar-refractivity contribution in [3.8, 4) is 17.2 Å². The van der Waals surface area contributed by atoms with Crippen LogP contribution < -0.4 is 9.47 Å². The lowest BCUT2D eigenvalue weighted by Crippen LogP contribution is -2.17. The Morgan fingerprint density at radius 1 is 0.806 bits per heavy atom.